The highest BCUT2D eigenvalue weighted by Gasteiger charge is 2.18. The molecule has 0 N–H and O–H groups in total. The summed E-state index contributed by atoms with van der Waals surface area (Å²) in [7, 11) is 0. The average molecular weight is 436 g/mol. The van der Waals surface area contributed by atoms with E-state index in [1.165, 1.54) is 11.1 Å². The van der Waals surface area contributed by atoms with Crippen LogP contribution in [0.4, 0.5) is 17.1 Å². The van der Waals surface area contributed by atoms with Gasteiger partial charge in [0.25, 0.3) is 0 Å². The molecular weight excluding hydrogens is 406 g/mol. The number of nitrogens with zero attached hydrogens (tertiary/aromatic N) is 1. The summed E-state index contributed by atoms with van der Waals surface area (Å²) >= 11 is 3.62. The zero-order chi connectivity index (χ0) is 20.5. The van der Waals surface area contributed by atoms with E-state index in [9.17, 15) is 0 Å². The van der Waals surface area contributed by atoms with E-state index in [1.807, 2.05) is 0 Å². The van der Waals surface area contributed by atoms with Crippen molar-refractivity contribution in [3.8, 4) is 0 Å². The van der Waals surface area contributed by atoms with Gasteiger partial charge >= 0.3 is 0 Å². The highest BCUT2D eigenvalue weighted by Crippen LogP contribution is 2.37. The summed E-state index contributed by atoms with van der Waals surface area (Å²) in [5.74, 6) is 0. The summed E-state index contributed by atoms with van der Waals surface area (Å²) in [5, 5.41) is 0. The highest BCUT2D eigenvalue weighted by molar-refractivity contribution is 9.10. The molecule has 0 amide bonds. The molecule has 0 aliphatic carbocycles. The lowest BCUT2D eigenvalue weighted by atomic mass is 9.86. The van der Waals surface area contributed by atoms with Crippen molar-refractivity contribution < 1.29 is 0 Å². The maximum Gasteiger partial charge on any atom is 0.0472 e. The van der Waals surface area contributed by atoms with Crippen molar-refractivity contribution >= 4 is 33.0 Å². The van der Waals surface area contributed by atoms with Crippen molar-refractivity contribution in [3.05, 3.63) is 88.4 Å². The fourth-order valence-corrected chi connectivity index (χ4v) is 3.67. The van der Waals surface area contributed by atoms with E-state index in [0.717, 1.165) is 21.5 Å². The SMILES string of the molecule is CC(C)(C)c1ccc(N(c2ccc(C(C)(C)C)cc2)c2cccc(Br)c2)cc1. The molecular formula is C26H30BrN. The summed E-state index contributed by atoms with van der Waals surface area (Å²) in [6, 6.07) is 26.3. The van der Waals surface area contributed by atoms with Gasteiger partial charge in [-0.3, -0.25) is 0 Å². The monoisotopic (exact) mass is 435 g/mol. The molecule has 0 fully saturated rings. The van der Waals surface area contributed by atoms with Gasteiger partial charge < -0.3 is 4.90 Å². The topological polar surface area (TPSA) is 3.24 Å². The Morgan fingerprint density at radius 1 is 0.571 bits per heavy atom. The predicted octanol–water partition coefficient (Wildman–Crippen LogP) is 8.51. The fourth-order valence-electron chi connectivity index (χ4n) is 3.28. The van der Waals surface area contributed by atoms with Crippen LogP contribution in [0.2, 0.25) is 0 Å². The minimum Gasteiger partial charge on any atom is -0.310 e. The molecule has 0 radical (unpaired) electrons. The molecule has 0 aromatic heterocycles. The largest absolute Gasteiger partial charge is 0.310 e. The lowest BCUT2D eigenvalue weighted by Gasteiger charge is -2.28. The third-order valence-corrected chi connectivity index (χ3v) is 5.54. The number of hydrogen-bond acceptors (Lipinski definition) is 1. The van der Waals surface area contributed by atoms with Crippen LogP contribution in [0.25, 0.3) is 0 Å². The molecule has 146 valence electrons. The third kappa shape index (κ3) is 4.67. The number of anilines is 3. The average Bonchev–Trinajstić information content (AvgIpc) is 2.61. The highest BCUT2D eigenvalue weighted by atomic mass is 79.9. The second-order valence-electron chi connectivity index (χ2n) is 9.41. The lowest BCUT2D eigenvalue weighted by Crippen LogP contribution is -2.14. The summed E-state index contributed by atoms with van der Waals surface area (Å²) in [5.41, 5.74) is 6.44. The van der Waals surface area contributed by atoms with E-state index in [0.29, 0.717) is 0 Å². The second-order valence-corrected chi connectivity index (χ2v) is 10.3. The number of benzene rings is 3. The molecule has 0 atom stereocenters. The summed E-state index contributed by atoms with van der Waals surface area (Å²) in [6.07, 6.45) is 0. The molecule has 3 aromatic carbocycles. The zero-order valence-electron chi connectivity index (χ0n) is 17.8. The maximum absolute atomic E-state index is 3.62. The van der Waals surface area contributed by atoms with Crippen LogP contribution in [-0.2, 0) is 10.8 Å². The molecule has 0 bridgehead atoms. The number of halogens is 1. The van der Waals surface area contributed by atoms with Crippen LogP contribution < -0.4 is 4.90 Å². The molecule has 0 spiro atoms. The molecule has 28 heavy (non-hydrogen) atoms. The molecule has 1 nitrogen and oxygen atoms in total. The predicted molar refractivity (Wildman–Crippen MR) is 126 cm³/mol. The fraction of sp³-hybridized carbons (Fsp3) is 0.308. The van der Waals surface area contributed by atoms with Crippen LogP contribution in [0.5, 0.6) is 0 Å². The summed E-state index contributed by atoms with van der Waals surface area (Å²) < 4.78 is 1.08. The third-order valence-electron chi connectivity index (χ3n) is 5.05. The minimum atomic E-state index is 0.146. The first-order chi connectivity index (χ1) is 13.1. The van der Waals surface area contributed by atoms with Crippen LogP contribution in [-0.4, -0.2) is 0 Å². The van der Waals surface area contributed by atoms with Gasteiger partial charge in [0.2, 0.25) is 0 Å². The van der Waals surface area contributed by atoms with Gasteiger partial charge in [-0.2, -0.15) is 0 Å². The quantitative estimate of drug-likeness (QED) is 0.398. The van der Waals surface area contributed by atoms with E-state index in [1.54, 1.807) is 0 Å². The Bertz CT molecular complexity index is 868. The van der Waals surface area contributed by atoms with E-state index < -0.39 is 0 Å². The Hall–Kier alpha value is -2.06. The maximum atomic E-state index is 3.62. The Kier molecular flexibility index (Phi) is 5.72. The molecule has 3 rings (SSSR count). The lowest BCUT2D eigenvalue weighted by molar-refractivity contribution is 0.590. The minimum absolute atomic E-state index is 0.146. The van der Waals surface area contributed by atoms with Crippen LogP contribution >= 0.6 is 15.9 Å². The molecule has 0 aliphatic heterocycles. The van der Waals surface area contributed by atoms with Crippen LogP contribution in [0.15, 0.2) is 77.3 Å². The van der Waals surface area contributed by atoms with E-state index in [4.69, 9.17) is 0 Å². The second kappa shape index (κ2) is 7.75. The Morgan fingerprint density at radius 2 is 1.00 bits per heavy atom. The van der Waals surface area contributed by atoms with E-state index in [2.05, 4.69) is 135 Å². The number of hydrogen-bond donors (Lipinski definition) is 0. The van der Waals surface area contributed by atoms with Gasteiger partial charge in [0.05, 0.1) is 0 Å². The van der Waals surface area contributed by atoms with Crippen LogP contribution in [0, 0.1) is 0 Å². The molecule has 3 aromatic rings. The normalized spacial score (nSPS) is 12.1. The van der Waals surface area contributed by atoms with E-state index in [-0.39, 0.29) is 10.8 Å². The van der Waals surface area contributed by atoms with Gasteiger partial charge in [0.1, 0.15) is 0 Å². The summed E-state index contributed by atoms with van der Waals surface area (Å²) in [4.78, 5) is 2.31. The molecule has 0 aliphatic rings. The summed E-state index contributed by atoms with van der Waals surface area (Å²) in [6.45, 7) is 13.5. The molecule has 2 heteroatoms. The first-order valence-corrected chi connectivity index (χ1v) is 10.6. The molecule has 0 saturated heterocycles. The van der Waals surface area contributed by atoms with Crippen molar-refractivity contribution in [1.82, 2.24) is 0 Å². The first-order valence-electron chi connectivity index (χ1n) is 9.82. The van der Waals surface area contributed by atoms with Crippen molar-refractivity contribution in [2.45, 2.75) is 52.4 Å². The number of rotatable bonds is 3. The van der Waals surface area contributed by atoms with Gasteiger partial charge in [-0.1, -0.05) is 87.8 Å². The molecule has 0 unspecified atom stereocenters. The Balaban J connectivity index is 2.08. The zero-order valence-corrected chi connectivity index (χ0v) is 19.3. The van der Waals surface area contributed by atoms with Gasteiger partial charge in [-0.15, -0.1) is 0 Å². The van der Waals surface area contributed by atoms with Gasteiger partial charge in [-0.25, -0.2) is 0 Å². The van der Waals surface area contributed by atoms with Gasteiger partial charge in [-0.05, 0) is 64.4 Å². The van der Waals surface area contributed by atoms with Crippen LogP contribution in [0.3, 0.4) is 0 Å². The Morgan fingerprint density at radius 3 is 1.36 bits per heavy atom. The van der Waals surface area contributed by atoms with Gasteiger partial charge in [0.15, 0.2) is 0 Å². The molecule has 0 heterocycles. The van der Waals surface area contributed by atoms with Crippen molar-refractivity contribution in [2.75, 3.05) is 4.90 Å². The van der Waals surface area contributed by atoms with Crippen LogP contribution in [0.1, 0.15) is 52.7 Å². The van der Waals surface area contributed by atoms with Gasteiger partial charge in [0, 0.05) is 21.5 Å². The Labute approximate surface area is 178 Å². The standard InChI is InChI=1S/C26H30BrN/c1-25(2,3)19-10-14-22(15-11-19)28(24-9-7-8-21(27)18-24)23-16-12-20(13-17-23)26(4,5)6/h7-18H,1-6H3. The van der Waals surface area contributed by atoms with Crippen molar-refractivity contribution in [2.24, 2.45) is 0 Å². The first kappa shape index (κ1) is 20.7. The molecule has 0 saturated carbocycles. The van der Waals surface area contributed by atoms with Crippen molar-refractivity contribution in [3.63, 3.8) is 0 Å². The smallest absolute Gasteiger partial charge is 0.0472 e. The van der Waals surface area contributed by atoms with E-state index >= 15 is 0 Å². The van der Waals surface area contributed by atoms with Crippen molar-refractivity contribution in [1.29, 1.82) is 0 Å².